The molecule has 0 fully saturated rings. The van der Waals surface area contributed by atoms with Gasteiger partial charge in [-0.1, -0.05) is 36.1 Å². The van der Waals surface area contributed by atoms with Crippen LogP contribution in [-0.4, -0.2) is 19.6 Å². The average molecular weight is 363 g/mol. The summed E-state index contributed by atoms with van der Waals surface area (Å²) in [6.45, 7) is 0.417. The molecular formula is C19H17F4N3. The third kappa shape index (κ3) is 5.81. The van der Waals surface area contributed by atoms with Gasteiger partial charge < -0.3 is 10.6 Å². The number of nitrogens with zero attached hydrogens (tertiary/aromatic N) is 1. The third-order valence-electron chi connectivity index (χ3n) is 3.39. The highest BCUT2D eigenvalue weighted by atomic mass is 19.4. The van der Waals surface area contributed by atoms with Crippen LogP contribution in [0, 0.1) is 17.7 Å². The number of nitrogens with one attached hydrogen (secondary N) is 2. The SMILES string of the molecule is CN=C(NCC#Cc1cccc(C(F)(F)F)c1)NCc1ccccc1F. The molecule has 0 aromatic heterocycles. The zero-order chi connectivity index (χ0) is 19.0. The maximum absolute atomic E-state index is 13.6. The second-order valence-corrected chi connectivity index (χ2v) is 5.25. The van der Waals surface area contributed by atoms with Crippen molar-refractivity contribution < 1.29 is 17.6 Å². The Morgan fingerprint density at radius 3 is 2.54 bits per heavy atom. The Kier molecular flexibility index (Phi) is 6.61. The lowest BCUT2D eigenvalue weighted by molar-refractivity contribution is -0.137. The van der Waals surface area contributed by atoms with E-state index in [1.54, 1.807) is 25.2 Å². The summed E-state index contributed by atoms with van der Waals surface area (Å²) in [7, 11) is 1.55. The van der Waals surface area contributed by atoms with Crippen molar-refractivity contribution in [2.45, 2.75) is 12.7 Å². The molecule has 2 aromatic rings. The van der Waals surface area contributed by atoms with Gasteiger partial charge in [0.2, 0.25) is 0 Å². The van der Waals surface area contributed by atoms with Crippen molar-refractivity contribution in [3.05, 3.63) is 71.0 Å². The summed E-state index contributed by atoms with van der Waals surface area (Å²) >= 11 is 0. The zero-order valence-electron chi connectivity index (χ0n) is 14.0. The van der Waals surface area contributed by atoms with E-state index in [2.05, 4.69) is 27.5 Å². The Labute approximate surface area is 149 Å². The summed E-state index contributed by atoms with van der Waals surface area (Å²) in [6.07, 6.45) is -4.39. The average Bonchev–Trinajstić information content (AvgIpc) is 2.62. The molecule has 0 radical (unpaired) electrons. The monoisotopic (exact) mass is 363 g/mol. The molecule has 2 aromatic carbocycles. The minimum absolute atomic E-state index is 0.174. The predicted octanol–water partition coefficient (Wildman–Crippen LogP) is 3.56. The molecule has 2 rings (SSSR count). The fourth-order valence-corrected chi connectivity index (χ4v) is 2.09. The van der Waals surface area contributed by atoms with Gasteiger partial charge >= 0.3 is 6.18 Å². The van der Waals surface area contributed by atoms with Crippen LogP contribution >= 0.6 is 0 Å². The van der Waals surface area contributed by atoms with Gasteiger partial charge in [-0.05, 0) is 24.3 Å². The third-order valence-corrected chi connectivity index (χ3v) is 3.39. The molecule has 0 aliphatic carbocycles. The molecule has 0 amide bonds. The molecule has 136 valence electrons. The molecule has 0 saturated heterocycles. The first-order valence-electron chi connectivity index (χ1n) is 7.74. The van der Waals surface area contributed by atoms with E-state index in [4.69, 9.17) is 0 Å². The van der Waals surface area contributed by atoms with E-state index in [0.29, 0.717) is 11.5 Å². The number of aliphatic imine (C=N–C) groups is 1. The quantitative estimate of drug-likeness (QED) is 0.379. The van der Waals surface area contributed by atoms with Crippen molar-refractivity contribution in [3.63, 3.8) is 0 Å². The predicted molar refractivity (Wildman–Crippen MR) is 92.9 cm³/mol. The summed E-state index contributed by atoms with van der Waals surface area (Å²) in [5.74, 6) is 5.48. The summed E-state index contributed by atoms with van der Waals surface area (Å²) < 4.78 is 51.5. The van der Waals surface area contributed by atoms with E-state index in [-0.39, 0.29) is 24.5 Å². The standard InChI is InChI=1S/C19H17F4N3/c1-24-18(26-13-15-8-2-3-10-17(15)20)25-11-5-7-14-6-4-9-16(12-14)19(21,22)23/h2-4,6,8-10,12H,11,13H2,1H3,(H2,24,25,26). The van der Waals surface area contributed by atoms with Gasteiger partial charge in [0.05, 0.1) is 12.1 Å². The molecule has 26 heavy (non-hydrogen) atoms. The Hall–Kier alpha value is -3.01. The number of rotatable bonds is 3. The van der Waals surface area contributed by atoms with Crippen molar-refractivity contribution in [2.24, 2.45) is 4.99 Å². The normalized spacial score (nSPS) is 11.5. The first-order chi connectivity index (χ1) is 12.4. The smallest absolute Gasteiger partial charge is 0.352 e. The maximum Gasteiger partial charge on any atom is 0.416 e. The van der Waals surface area contributed by atoms with Crippen LogP contribution in [0.2, 0.25) is 0 Å². The molecule has 3 nitrogen and oxygen atoms in total. The van der Waals surface area contributed by atoms with E-state index >= 15 is 0 Å². The van der Waals surface area contributed by atoms with E-state index < -0.39 is 11.7 Å². The number of hydrogen-bond donors (Lipinski definition) is 2. The van der Waals surface area contributed by atoms with Crippen molar-refractivity contribution in [3.8, 4) is 11.8 Å². The number of hydrogen-bond acceptors (Lipinski definition) is 1. The summed E-state index contributed by atoms with van der Waals surface area (Å²) in [4.78, 5) is 3.98. The van der Waals surface area contributed by atoms with Crippen LogP contribution in [-0.2, 0) is 12.7 Å². The van der Waals surface area contributed by atoms with Gasteiger partial charge in [0.1, 0.15) is 5.82 Å². The Bertz CT molecular complexity index is 832. The van der Waals surface area contributed by atoms with E-state index in [1.165, 1.54) is 18.2 Å². The topological polar surface area (TPSA) is 36.4 Å². The molecule has 0 aliphatic rings. The maximum atomic E-state index is 13.6. The fourth-order valence-electron chi connectivity index (χ4n) is 2.09. The van der Waals surface area contributed by atoms with Gasteiger partial charge in [0, 0.05) is 24.7 Å². The van der Waals surface area contributed by atoms with Gasteiger partial charge in [-0.2, -0.15) is 13.2 Å². The molecule has 0 saturated carbocycles. The van der Waals surface area contributed by atoms with E-state index in [9.17, 15) is 17.6 Å². The molecule has 0 unspecified atom stereocenters. The van der Waals surface area contributed by atoms with Crippen molar-refractivity contribution >= 4 is 5.96 Å². The Morgan fingerprint density at radius 2 is 1.85 bits per heavy atom. The summed E-state index contributed by atoms with van der Waals surface area (Å²) in [5, 5.41) is 5.83. The largest absolute Gasteiger partial charge is 0.416 e. The number of alkyl halides is 3. The van der Waals surface area contributed by atoms with Crippen molar-refractivity contribution in [1.82, 2.24) is 10.6 Å². The van der Waals surface area contributed by atoms with Crippen LogP contribution < -0.4 is 10.6 Å². The Balaban J connectivity index is 1.89. The fraction of sp³-hybridized carbons (Fsp3) is 0.211. The molecule has 0 aliphatic heterocycles. The summed E-state index contributed by atoms with van der Waals surface area (Å²) in [6, 6.07) is 11.2. The highest BCUT2D eigenvalue weighted by molar-refractivity contribution is 5.79. The lowest BCUT2D eigenvalue weighted by Gasteiger charge is -2.10. The van der Waals surface area contributed by atoms with Gasteiger partial charge in [-0.15, -0.1) is 0 Å². The molecular weight excluding hydrogens is 346 g/mol. The minimum atomic E-state index is -4.39. The van der Waals surface area contributed by atoms with Crippen LogP contribution in [0.1, 0.15) is 16.7 Å². The Morgan fingerprint density at radius 1 is 1.08 bits per heavy atom. The molecule has 0 atom stereocenters. The van der Waals surface area contributed by atoms with Gasteiger partial charge in [-0.3, -0.25) is 4.99 Å². The lowest BCUT2D eigenvalue weighted by atomic mass is 10.1. The number of guanidine groups is 1. The number of halogens is 4. The lowest BCUT2D eigenvalue weighted by Crippen LogP contribution is -2.37. The van der Waals surface area contributed by atoms with E-state index in [1.807, 2.05) is 0 Å². The van der Waals surface area contributed by atoms with Gasteiger partial charge in [-0.25, -0.2) is 4.39 Å². The van der Waals surface area contributed by atoms with Crippen LogP contribution in [0.4, 0.5) is 17.6 Å². The van der Waals surface area contributed by atoms with Crippen molar-refractivity contribution in [2.75, 3.05) is 13.6 Å². The molecule has 0 bridgehead atoms. The molecule has 0 spiro atoms. The van der Waals surface area contributed by atoms with E-state index in [0.717, 1.165) is 12.1 Å². The highest BCUT2D eigenvalue weighted by Gasteiger charge is 2.30. The van der Waals surface area contributed by atoms with Crippen LogP contribution in [0.3, 0.4) is 0 Å². The molecule has 0 heterocycles. The van der Waals surface area contributed by atoms with Gasteiger partial charge in [0.25, 0.3) is 0 Å². The van der Waals surface area contributed by atoms with Crippen LogP contribution in [0.25, 0.3) is 0 Å². The number of benzene rings is 2. The minimum Gasteiger partial charge on any atom is -0.352 e. The molecule has 2 N–H and O–H groups in total. The summed E-state index contributed by atoms with van der Waals surface area (Å²) in [5.41, 5.74) is 0.0288. The second-order valence-electron chi connectivity index (χ2n) is 5.25. The van der Waals surface area contributed by atoms with Gasteiger partial charge in [0.15, 0.2) is 5.96 Å². The van der Waals surface area contributed by atoms with Crippen LogP contribution in [0.5, 0.6) is 0 Å². The zero-order valence-corrected chi connectivity index (χ0v) is 14.0. The van der Waals surface area contributed by atoms with Crippen molar-refractivity contribution in [1.29, 1.82) is 0 Å². The first kappa shape index (κ1) is 19.3. The van der Waals surface area contributed by atoms with Crippen LogP contribution in [0.15, 0.2) is 53.5 Å². The molecule has 7 heteroatoms. The second kappa shape index (κ2) is 8.90. The highest BCUT2D eigenvalue weighted by Crippen LogP contribution is 2.29. The first-order valence-corrected chi connectivity index (χ1v) is 7.74.